The molecule has 1 aliphatic heterocycles. The standard InChI is InChI=1S/C14H28N4O2/c1-15-14(17-11-12-3-2-4-13(12)19)16-5-6-18-7-9-20-10-8-18/h12-13,19H,2-11H2,1H3,(H2,15,16,17). The minimum Gasteiger partial charge on any atom is -0.393 e. The topological polar surface area (TPSA) is 69.1 Å². The van der Waals surface area contributed by atoms with E-state index in [1.807, 2.05) is 0 Å². The van der Waals surface area contributed by atoms with Crippen LogP contribution in [-0.4, -0.2) is 75.1 Å². The molecule has 1 heterocycles. The third kappa shape index (κ3) is 4.92. The maximum atomic E-state index is 9.80. The summed E-state index contributed by atoms with van der Waals surface area (Å²) in [5.41, 5.74) is 0. The summed E-state index contributed by atoms with van der Waals surface area (Å²) in [5, 5.41) is 16.4. The number of hydrogen-bond donors (Lipinski definition) is 3. The fourth-order valence-corrected chi connectivity index (χ4v) is 2.86. The van der Waals surface area contributed by atoms with Gasteiger partial charge in [-0.3, -0.25) is 9.89 Å². The molecule has 2 fully saturated rings. The Morgan fingerprint density at radius 3 is 2.75 bits per heavy atom. The Labute approximate surface area is 121 Å². The monoisotopic (exact) mass is 284 g/mol. The summed E-state index contributed by atoms with van der Waals surface area (Å²) in [6.07, 6.45) is 3.04. The van der Waals surface area contributed by atoms with Gasteiger partial charge in [0.15, 0.2) is 5.96 Å². The molecule has 116 valence electrons. The lowest BCUT2D eigenvalue weighted by molar-refractivity contribution is 0.0389. The van der Waals surface area contributed by atoms with Crippen molar-refractivity contribution in [2.75, 3.05) is 53.0 Å². The molecule has 1 saturated carbocycles. The van der Waals surface area contributed by atoms with Crippen LogP contribution in [-0.2, 0) is 4.74 Å². The summed E-state index contributed by atoms with van der Waals surface area (Å²) in [5.74, 6) is 1.20. The molecule has 2 atom stereocenters. The molecule has 0 bridgehead atoms. The van der Waals surface area contributed by atoms with Crippen molar-refractivity contribution in [3.63, 3.8) is 0 Å². The van der Waals surface area contributed by atoms with Gasteiger partial charge >= 0.3 is 0 Å². The maximum absolute atomic E-state index is 9.80. The molecule has 2 unspecified atom stereocenters. The molecule has 1 saturated heterocycles. The highest BCUT2D eigenvalue weighted by atomic mass is 16.5. The van der Waals surface area contributed by atoms with Crippen molar-refractivity contribution in [2.24, 2.45) is 10.9 Å². The van der Waals surface area contributed by atoms with E-state index in [1.165, 1.54) is 0 Å². The van der Waals surface area contributed by atoms with E-state index in [-0.39, 0.29) is 6.10 Å². The van der Waals surface area contributed by atoms with Gasteiger partial charge in [-0.05, 0) is 12.8 Å². The molecule has 0 aromatic rings. The van der Waals surface area contributed by atoms with E-state index in [1.54, 1.807) is 7.05 Å². The zero-order valence-corrected chi connectivity index (χ0v) is 12.5. The molecule has 6 nitrogen and oxygen atoms in total. The molecule has 0 aromatic carbocycles. The zero-order chi connectivity index (χ0) is 14.2. The van der Waals surface area contributed by atoms with Crippen molar-refractivity contribution < 1.29 is 9.84 Å². The summed E-state index contributed by atoms with van der Waals surface area (Å²) in [7, 11) is 1.79. The predicted molar refractivity (Wildman–Crippen MR) is 80.0 cm³/mol. The number of morpholine rings is 1. The van der Waals surface area contributed by atoms with Crippen LogP contribution in [0.15, 0.2) is 4.99 Å². The molecule has 3 N–H and O–H groups in total. The van der Waals surface area contributed by atoms with Crippen molar-refractivity contribution >= 4 is 5.96 Å². The van der Waals surface area contributed by atoms with E-state index >= 15 is 0 Å². The van der Waals surface area contributed by atoms with E-state index in [9.17, 15) is 5.11 Å². The summed E-state index contributed by atoms with van der Waals surface area (Å²) in [4.78, 5) is 6.62. The van der Waals surface area contributed by atoms with Crippen LogP contribution in [0.2, 0.25) is 0 Å². The molecule has 0 spiro atoms. The zero-order valence-electron chi connectivity index (χ0n) is 12.5. The molecular formula is C14H28N4O2. The molecule has 0 radical (unpaired) electrons. The average Bonchev–Trinajstić information content (AvgIpc) is 2.89. The van der Waals surface area contributed by atoms with Gasteiger partial charge in [-0.15, -0.1) is 0 Å². The summed E-state index contributed by atoms with van der Waals surface area (Å²) in [6.45, 7) is 6.41. The molecule has 2 rings (SSSR count). The Kier molecular flexibility index (Phi) is 6.56. The van der Waals surface area contributed by atoms with Crippen molar-refractivity contribution in [3.05, 3.63) is 0 Å². The lowest BCUT2D eigenvalue weighted by Crippen LogP contribution is -2.45. The Hall–Kier alpha value is -0.850. The minimum absolute atomic E-state index is 0.144. The first kappa shape index (κ1) is 15.5. The molecule has 2 aliphatic rings. The van der Waals surface area contributed by atoms with Gasteiger partial charge in [-0.2, -0.15) is 0 Å². The van der Waals surface area contributed by atoms with E-state index in [4.69, 9.17) is 4.74 Å². The number of nitrogens with one attached hydrogen (secondary N) is 2. The molecule has 20 heavy (non-hydrogen) atoms. The Morgan fingerprint density at radius 1 is 1.30 bits per heavy atom. The van der Waals surface area contributed by atoms with E-state index < -0.39 is 0 Å². The van der Waals surface area contributed by atoms with Crippen LogP contribution < -0.4 is 10.6 Å². The first-order valence-electron chi connectivity index (χ1n) is 7.72. The van der Waals surface area contributed by atoms with Gasteiger partial charge in [0.2, 0.25) is 0 Å². The Balaban J connectivity index is 1.59. The lowest BCUT2D eigenvalue weighted by atomic mass is 10.1. The second kappa shape index (κ2) is 8.44. The Morgan fingerprint density at radius 2 is 2.10 bits per heavy atom. The van der Waals surface area contributed by atoms with Gasteiger partial charge in [0, 0.05) is 45.7 Å². The van der Waals surface area contributed by atoms with Gasteiger partial charge in [0.05, 0.1) is 19.3 Å². The number of aliphatic hydroxyl groups excluding tert-OH is 1. The molecule has 0 aromatic heterocycles. The van der Waals surface area contributed by atoms with Crippen molar-refractivity contribution in [3.8, 4) is 0 Å². The van der Waals surface area contributed by atoms with Gasteiger partial charge < -0.3 is 20.5 Å². The quantitative estimate of drug-likeness (QED) is 0.475. The largest absolute Gasteiger partial charge is 0.393 e. The van der Waals surface area contributed by atoms with Crippen LogP contribution in [0.1, 0.15) is 19.3 Å². The molecule has 1 aliphatic carbocycles. The first-order valence-corrected chi connectivity index (χ1v) is 7.72. The number of hydrogen-bond acceptors (Lipinski definition) is 4. The van der Waals surface area contributed by atoms with Crippen molar-refractivity contribution in [1.29, 1.82) is 0 Å². The first-order chi connectivity index (χ1) is 9.79. The van der Waals surface area contributed by atoms with Gasteiger partial charge in [-0.1, -0.05) is 6.42 Å². The summed E-state index contributed by atoms with van der Waals surface area (Å²) < 4.78 is 5.33. The number of guanidine groups is 1. The van der Waals surface area contributed by atoms with Gasteiger partial charge in [0.25, 0.3) is 0 Å². The second-order valence-corrected chi connectivity index (χ2v) is 5.59. The number of aliphatic imine (C=N–C) groups is 1. The fraction of sp³-hybridized carbons (Fsp3) is 0.929. The average molecular weight is 284 g/mol. The molecular weight excluding hydrogens is 256 g/mol. The smallest absolute Gasteiger partial charge is 0.191 e. The van der Waals surface area contributed by atoms with E-state index in [2.05, 4.69) is 20.5 Å². The number of ether oxygens (including phenoxy) is 1. The van der Waals surface area contributed by atoms with Crippen LogP contribution in [0, 0.1) is 5.92 Å². The number of rotatable bonds is 5. The highest BCUT2D eigenvalue weighted by molar-refractivity contribution is 5.79. The lowest BCUT2D eigenvalue weighted by Gasteiger charge is -2.27. The van der Waals surface area contributed by atoms with Crippen molar-refractivity contribution in [2.45, 2.75) is 25.4 Å². The van der Waals surface area contributed by atoms with Crippen LogP contribution in [0.5, 0.6) is 0 Å². The van der Waals surface area contributed by atoms with Crippen molar-refractivity contribution in [1.82, 2.24) is 15.5 Å². The third-order valence-corrected chi connectivity index (χ3v) is 4.20. The van der Waals surface area contributed by atoms with Gasteiger partial charge in [-0.25, -0.2) is 0 Å². The predicted octanol–water partition coefficient (Wildman–Crippen LogP) is -0.355. The summed E-state index contributed by atoms with van der Waals surface area (Å²) >= 11 is 0. The fourth-order valence-electron chi connectivity index (χ4n) is 2.86. The normalized spacial score (nSPS) is 28.6. The molecule has 6 heteroatoms. The van der Waals surface area contributed by atoms with Crippen LogP contribution in [0.25, 0.3) is 0 Å². The number of aliphatic hydroxyl groups is 1. The Bertz CT molecular complexity index is 306. The minimum atomic E-state index is -0.144. The SMILES string of the molecule is CN=C(NCCN1CCOCC1)NCC1CCCC1O. The highest BCUT2D eigenvalue weighted by Gasteiger charge is 2.24. The third-order valence-electron chi connectivity index (χ3n) is 4.20. The second-order valence-electron chi connectivity index (χ2n) is 5.59. The number of nitrogens with zero attached hydrogens (tertiary/aromatic N) is 2. The maximum Gasteiger partial charge on any atom is 0.191 e. The summed E-state index contributed by atoms with van der Waals surface area (Å²) in [6, 6.07) is 0. The van der Waals surface area contributed by atoms with Crippen LogP contribution >= 0.6 is 0 Å². The van der Waals surface area contributed by atoms with Gasteiger partial charge in [0.1, 0.15) is 0 Å². The van der Waals surface area contributed by atoms with Crippen LogP contribution in [0.3, 0.4) is 0 Å². The van der Waals surface area contributed by atoms with E-state index in [0.717, 1.165) is 71.2 Å². The van der Waals surface area contributed by atoms with E-state index in [0.29, 0.717) is 5.92 Å². The molecule has 0 amide bonds. The van der Waals surface area contributed by atoms with Crippen LogP contribution in [0.4, 0.5) is 0 Å². The highest BCUT2D eigenvalue weighted by Crippen LogP contribution is 2.24.